The molecule has 1 aromatic rings. The third kappa shape index (κ3) is 2.25. The van der Waals surface area contributed by atoms with Gasteiger partial charge in [-0.2, -0.15) is 0 Å². The molecule has 1 unspecified atom stereocenters. The highest BCUT2D eigenvalue weighted by molar-refractivity contribution is 5.81. The van der Waals surface area contributed by atoms with Crippen molar-refractivity contribution in [2.75, 3.05) is 25.1 Å². The lowest BCUT2D eigenvalue weighted by Crippen LogP contribution is -2.35. The SMILES string of the molecule is CN1C(=O)CCN1c1ccc(C(O)CN)cc1. The zero-order valence-electron chi connectivity index (χ0n) is 9.84. The van der Waals surface area contributed by atoms with E-state index in [0.717, 1.165) is 11.3 Å². The Morgan fingerprint density at radius 2 is 2.06 bits per heavy atom. The van der Waals surface area contributed by atoms with Gasteiger partial charge in [-0.15, -0.1) is 0 Å². The normalized spacial score (nSPS) is 17.7. The smallest absolute Gasteiger partial charge is 0.242 e. The first kappa shape index (κ1) is 11.9. The highest BCUT2D eigenvalue weighted by Gasteiger charge is 2.25. The number of carbonyl (C=O) groups is 1. The van der Waals surface area contributed by atoms with E-state index in [1.54, 1.807) is 12.1 Å². The molecule has 1 fully saturated rings. The molecule has 3 N–H and O–H groups in total. The maximum absolute atomic E-state index is 11.4. The second-order valence-corrected chi connectivity index (χ2v) is 4.13. The number of amides is 1. The summed E-state index contributed by atoms with van der Waals surface area (Å²) >= 11 is 0. The van der Waals surface area contributed by atoms with Gasteiger partial charge in [0.2, 0.25) is 5.91 Å². The molecule has 1 aliphatic heterocycles. The lowest BCUT2D eigenvalue weighted by Gasteiger charge is -2.26. The van der Waals surface area contributed by atoms with Gasteiger partial charge in [-0.3, -0.25) is 14.8 Å². The molecular formula is C12H17N3O2. The van der Waals surface area contributed by atoms with Crippen molar-refractivity contribution in [2.24, 2.45) is 5.73 Å². The topological polar surface area (TPSA) is 69.8 Å². The van der Waals surface area contributed by atoms with Crippen molar-refractivity contribution >= 4 is 11.6 Å². The number of hydrogen-bond acceptors (Lipinski definition) is 4. The largest absolute Gasteiger partial charge is 0.387 e. The van der Waals surface area contributed by atoms with Crippen LogP contribution in [0.4, 0.5) is 5.69 Å². The van der Waals surface area contributed by atoms with E-state index < -0.39 is 6.10 Å². The summed E-state index contributed by atoms with van der Waals surface area (Å²) in [4.78, 5) is 11.4. The molecule has 1 amide bonds. The van der Waals surface area contributed by atoms with Crippen LogP contribution in [-0.4, -0.2) is 36.2 Å². The molecule has 1 heterocycles. The number of nitrogens with two attached hydrogens (primary N) is 1. The van der Waals surface area contributed by atoms with Gasteiger partial charge < -0.3 is 10.8 Å². The Morgan fingerprint density at radius 1 is 1.41 bits per heavy atom. The highest BCUT2D eigenvalue weighted by Crippen LogP contribution is 2.23. The maximum Gasteiger partial charge on any atom is 0.242 e. The molecule has 5 nitrogen and oxygen atoms in total. The number of carbonyl (C=O) groups excluding carboxylic acids is 1. The first-order valence-electron chi connectivity index (χ1n) is 5.65. The minimum atomic E-state index is -0.623. The number of anilines is 1. The molecule has 17 heavy (non-hydrogen) atoms. The fraction of sp³-hybridized carbons (Fsp3) is 0.417. The van der Waals surface area contributed by atoms with Gasteiger partial charge in [-0.05, 0) is 17.7 Å². The average molecular weight is 235 g/mol. The second-order valence-electron chi connectivity index (χ2n) is 4.13. The van der Waals surface area contributed by atoms with E-state index in [-0.39, 0.29) is 12.5 Å². The van der Waals surface area contributed by atoms with E-state index in [1.807, 2.05) is 29.3 Å². The van der Waals surface area contributed by atoms with Crippen LogP contribution in [0.5, 0.6) is 0 Å². The van der Waals surface area contributed by atoms with E-state index in [2.05, 4.69) is 0 Å². The number of nitrogens with zero attached hydrogens (tertiary/aromatic N) is 2. The number of rotatable bonds is 3. The zero-order valence-corrected chi connectivity index (χ0v) is 9.84. The summed E-state index contributed by atoms with van der Waals surface area (Å²) in [6.07, 6.45) is -0.0778. The van der Waals surface area contributed by atoms with Crippen molar-refractivity contribution in [3.05, 3.63) is 29.8 Å². The second kappa shape index (κ2) is 4.73. The van der Waals surface area contributed by atoms with E-state index >= 15 is 0 Å². The van der Waals surface area contributed by atoms with Gasteiger partial charge in [-0.1, -0.05) is 12.1 Å². The fourth-order valence-electron chi connectivity index (χ4n) is 1.95. The predicted molar refractivity (Wildman–Crippen MR) is 65.2 cm³/mol. The van der Waals surface area contributed by atoms with Gasteiger partial charge >= 0.3 is 0 Å². The van der Waals surface area contributed by atoms with Gasteiger partial charge in [0.05, 0.1) is 11.8 Å². The van der Waals surface area contributed by atoms with Gasteiger partial charge in [0.1, 0.15) is 0 Å². The third-order valence-corrected chi connectivity index (χ3v) is 3.06. The van der Waals surface area contributed by atoms with Crippen molar-refractivity contribution in [3.8, 4) is 0 Å². The number of benzene rings is 1. The van der Waals surface area contributed by atoms with E-state index in [9.17, 15) is 9.90 Å². The molecule has 0 aromatic heterocycles. The van der Waals surface area contributed by atoms with Crippen LogP contribution in [0.3, 0.4) is 0 Å². The predicted octanol–water partition coefficient (Wildman–Crippen LogP) is 0.262. The molecule has 92 valence electrons. The van der Waals surface area contributed by atoms with Crippen LogP contribution in [0.25, 0.3) is 0 Å². The van der Waals surface area contributed by atoms with Crippen LogP contribution in [0.15, 0.2) is 24.3 Å². The number of aliphatic hydroxyl groups is 1. The van der Waals surface area contributed by atoms with Crippen LogP contribution in [0.2, 0.25) is 0 Å². The lowest BCUT2D eigenvalue weighted by molar-refractivity contribution is -0.126. The summed E-state index contributed by atoms with van der Waals surface area (Å²) in [6, 6.07) is 7.46. The van der Waals surface area contributed by atoms with Crippen molar-refractivity contribution in [2.45, 2.75) is 12.5 Å². The number of hydrazine groups is 1. The molecule has 1 aliphatic rings. The minimum Gasteiger partial charge on any atom is -0.387 e. The Bertz CT molecular complexity index is 405. The molecule has 0 spiro atoms. The van der Waals surface area contributed by atoms with Crippen LogP contribution in [-0.2, 0) is 4.79 Å². The van der Waals surface area contributed by atoms with Crippen molar-refractivity contribution < 1.29 is 9.90 Å². The van der Waals surface area contributed by atoms with E-state index in [1.165, 1.54) is 0 Å². The maximum atomic E-state index is 11.4. The minimum absolute atomic E-state index is 0.121. The van der Waals surface area contributed by atoms with Crippen LogP contribution in [0, 0.1) is 0 Å². The summed E-state index contributed by atoms with van der Waals surface area (Å²) in [7, 11) is 1.76. The van der Waals surface area contributed by atoms with E-state index in [4.69, 9.17) is 5.73 Å². The quantitative estimate of drug-likeness (QED) is 0.788. The van der Waals surface area contributed by atoms with E-state index in [0.29, 0.717) is 13.0 Å². The molecule has 0 bridgehead atoms. The summed E-state index contributed by atoms with van der Waals surface area (Å²) in [5.41, 5.74) is 7.14. The molecule has 1 aromatic carbocycles. The Kier molecular flexibility index (Phi) is 3.31. The molecule has 0 radical (unpaired) electrons. The van der Waals surface area contributed by atoms with Gasteiger partial charge in [0.25, 0.3) is 0 Å². The van der Waals surface area contributed by atoms with Crippen LogP contribution < -0.4 is 10.7 Å². The lowest BCUT2D eigenvalue weighted by atomic mass is 10.1. The summed E-state index contributed by atoms with van der Waals surface area (Å²) in [6.45, 7) is 0.912. The standard InChI is InChI=1S/C12H17N3O2/c1-14-12(17)6-7-15(14)10-4-2-9(3-5-10)11(16)8-13/h2-5,11,16H,6-8,13H2,1H3. The molecule has 1 saturated heterocycles. The van der Waals surface area contributed by atoms with Crippen molar-refractivity contribution in [3.63, 3.8) is 0 Å². The number of aliphatic hydroxyl groups excluding tert-OH is 1. The Hall–Kier alpha value is -1.59. The number of hydrogen-bond donors (Lipinski definition) is 2. The first-order valence-corrected chi connectivity index (χ1v) is 5.65. The molecular weight excluding hydrogens is 218 g/mol. The van der Waals surface area contributed by atoms with Crippen LogP contribution >= 0.6 is 0 Å². The van der Waals surface area contributed by atoms with Gasteiger partial charge in [-0.25, -0.2) is 0 Å². The molecule has 5 heteroatoms. The molecule has 2 rings (SSSR count). The summed E-state index contributed by atoms with van der Waals surface area (Å²) in [5, 5.41) is 13.1. The molecule has 0 saturated carbocycles. The average Bonchev–Trinajstić information content (AvgIpc) is 2.69. The Morgan fingerprint density at radius 3 is 2.53 bits per heavy atom. The van der Waals surface area contributed by atoms with Gasteiger partial charge in [0, 0.05) is 26.6 Å². The van der Waals surface area contributed by atoms with Crippen molar-refractivity contribution in [1.29, 1.82) is 0 Å². The summed E-state index contributed by atoms with van der Waals surface area (Å²) < 4.78 is 0. The first-order chi connectivity index (χ1) is 8.13. The Balaban J connectivity index is 2.16. The van der Waals surface area contributed by atoms with Crippen molar-refractivity contribution in [1.82, 2.24) is 5.01 Å². The molecule has 0 aliphatic carbocycles. The Labute approximate surface area is 100 Å². The highest BCUT2D eigenvalue weighted by atomic mass is 16.3. The van der Waals surface area contributed by atoms with Crippen LogP contribution in [0.1, 0.15) is 18.1 Å². The van der Waals surface area contributed by atoms with Gasteiger partial charge in [0.15, 0.2) is 0 Å². The third-order valence-electron chi connectivity index (χ3n) is 3.06. The molecule has 1 atom stereocenters. The zero-order chi connectivity index (χ0) is 12.4. The summed E-state index contributed by atoms with van der Waals surface area (Å²) in [5.74, 6) is 0.121. The fourth-order valence-corrected chi connectivity index (χ4v) is 1.95. The monoisotopic (exact) mass is 235 g/mol.